The number of benzene rings is 1. The molecule has 0 aliphatic rings. The Labute approximate surface area is 104 Å². The number of ether oxygens (including phenoxy) is 1. The Bertz CT molecular complexity index is 368. The highest BCUT2D eigenvalue weighted by Crippen LogP contribution is 2.24. The zero-order valence-corrected chi connectivity index (χ0v) is 11.3. The number of hydrogen-bond acceptors (Lipinski definition) is 2. The van der Waals surface area contributed by atoms with Crippen LogP contribution in [0.3, 0.4) is 0 Å². The highest BCUT2D eigenvalue weighted by atomic mass is 79.9. The summed E-state index contributed by atoms with van der Waals surface area (Å²) in [7, 11) is 1.58. The van der Waals surface area contributed by atoms with Gasteiger partial charge in [-0.3, -0.25) is 4.79 Å². The van der Waals surface area contributed by atoms with Crippen molar-refractivity contribution in [3.05, 3.63) is 27.7 Å². The monoisotopic (exact) mass is 285 g/mol. The van der Waals surface area contributed by atoms with Crippen molar-refractivity contribution in [2.45, 2.75) is 20.3 Å². The minimum atomic E-state index is -0.0250. The molecular weight excluding hydrogens is 270 g/mol. The largest absolute Gasteiger partial charge is 0.384 e. The number of rotatable bonds is 4. The maximum absolute atomic E-state index is 11.5. The molecule has 0 bridgehead atoms. The van der Waals surface area contributed by atoms with Crippen LogP contribution in [0.2, 0.25) is 0 Å². The molecule has 3 nitrogen and oxygen atoms in total. The Morgan fingerprint density at radius 2 is 1.94 bits per heavy atom. The molecule has 1 aromatic rings. The van der Waals surface area contributed by atoms with Crippen LogP contribution in [-0.2, 0) is 9.53 Å². The summed E-state index contributed by atoms with van der Waals surface area (Å²) in [5.41, 5.74) is 3.06. The van der Waals surface area contributed by atoms with Crippen molar-refractivity contribution in [1.29, 1.82) is 0 Å². The maximum atomic E-state index is 11.5. The van der Waals surface area contributed by atoms with E-state index in [2.05, 4.69) is 21.2 Å². The molecule has 0 aliphatic carbocycles. The van der Waals surface area contributed by atoms with Crippen molar-refractivity contribution in [2.75, 3.05) is 19.0 Å². The minimum Gasteiger partial charge on any atom is -0.384 e. The van der Waals surface area contributed by atoms with Gasteiger partial charge in [0.1, 0.15) is 0 Å². The van der Waals surface area contributed by atoms with Crippen LogP contribution in [0.5, 0.6) is 0 Å². The third kappa shape index (κ3) is 3.61. The molecule has 1 amide bonds. The molecule has 88 valence electrons. The Kier molecular flexibility index (Phi) is 4.96. The second kappa shape index (κ2) is 6.01. The van der Waals surface area contributed by atoms with E-state index in [4.69, 9.17) is 4.74 Å². The summed E-state index contributed by atoms with van der Waals surface area (Å²) < 4.78 is 5.93. The first-order chi connectivity index (χ1) is 7.54. The summed E-state index contributed by atoms with van der Waals surface area (Å²) in [6.07, 6.45) is 0.380. The van der Waals surface area contributed by atoms with Gasteiger partial charge in [0, 0.05) is 17.3 Å². The molecule has 0 heterocycles. The van der Waals surface area contributed by atoms with Crippen molar-refractivity contribution in [1.82, 2.24) is 0 Å². The average molecular weight is 286 g/mol. The number of anilines is 1. The van der Waals surface area contributed by atoms with Gasteiger partial charge in [-0.25, -0.2) is 0 Å². The Morgan fingerprint density at radius 3 is 2.44 bits per heavy atom. The summed E-state index contributed by atoms with van der Waals surface area (Å²) in [6, 6.07) is 3.89. The molecule has 0 radical (unpaired) electrons. The highest BCUT2D eigenvalue weighted by Gasteiger charge is 2.05. The SMILES string of the molecule is COCCC(=O)Nc1cc(C)c(Br)c(C)c1. The molecular formula is C12H16BrNO2. The third-order valence-corrected chi connectivity index (χ3v) is 3.50. The Balaban J connectivity index is 2.71. The molecule has 1 N–H and O–H groups in total. The van der Waals surface area contributed by atoms with Crippen molar-refractivity contribution >= 4 is 27.5 Å². The van der Waals surface area contributed by atoms with Gasteiger partial charge in [-0.1, -0.05) is 15.9 Å². The van der Waals surface area contributed by atoms with Crippen LogP contribution in [0, 0.1) is 13.8 Å². The molecule has 16 heavy (non-hydrogen) atoms. The smallest absolute Gasteiger partial charge is 0.226 e. The fourth-order valence-electron chi connectivity index (χ4n) is 1.44. The zero-order valence-electron chi connectivity index (χ0n) is 9.76. The fourth-order valence-corrected chi connectivity index (χ4v) is 1.67. The zero-order chi connectivity index (χ0) is 12.1. The second-order valence-electron chi connectivity index (χ2n) is 3.72. The molecule has 0 aliphatic heterocycles. The van der Waals surface area contributed by atoms with Crippen molar-refractivity contribution in [2.24, 2.45) is 0 Å². The van der Waals surface area contributed by atoms with Gasteiger partial charge < -0.3 is 10.1 Å². The van der Waals surface area contributed by atoms with Crippen LogP contribution in [-0.4, -0.2) is 19.6 Å². The molecule has 0 saturated carbocycles. The lowest BCUT2D eigenvalue weighted by atomic mass is 10.1. The van der Waals surface area contributed by atoms with E-state index in [0.29, 0.717) is 13.0 Å². The lowest BCUT2D eigenvalue weighted by Gasteiger charge is -2.09. The first kappa shape index (κ1) is 13.2. The predicted octanol–water partition coefficient (Wildman–Crippen LogP) is 3.04. The van der Waals surface area contributed by atoms with E-state index in [1.165, 1.54) is 0 Å². The highest BCUT2D eigenvalue weighted by molar-refractivity contribution is 9.10. The van der Waals surface area contributed by atoms with Crippen LogP contribution in [0.15, 0.2) is 16.6 Å². The normalized spacial score (nSPS) is 10.2. The standard InChI is InChI=1S/C12H16BrNO2/c1-8-6-10(7-9(2)12(8)13)14-11(15)4-5-16-3/h6-7H,4-5H2,1-3H3,(H,14,15). The third-order valence-electron chi connectivity index (χ3n) is 2.25. The summed E-state index contributed by atoms with van der Waals surface area (Å²) in [6.45, 7) is 4.45. The average Bonchev–Trinajstić information content (AvgIpc) is 2.23. The van der Waals surface area contributed by atoms with Gasteiger partial charge in [-0.05, 0) is 37.1 Å². The predicted molar refractivity (Wildman–Crippen MR) is 68.7 cm³/mol. The molecule has 1 rings (SSSR count). The number of carbonyl (C=O) groups is 1. The summed E-state index contributed by atoms with van der Waals surface area (Å²) >= 11 is 3.49. The number of aryl methyl sites for hydroxylation is 2. The number of nitrogens with one attached hydrogen (secondary N) is 1. The number of hydrogen-bond donors (Lipinski definition) is 1. The van der Waals surface area contributed by atoms with Crippen LogP contribution >= 0.6 is 15.9 Å². The minimum absolute atomic E-state index is 0.0250. The van der Waals surface area contributed by atoms with E-state index in [9.17, 15) is 4.79 Å². The molecule has 0 saturated heterocycles. The van der Waals surface area contributed by atoms with E-state index in [0.717, 1.165) is 21.3 Å². The van der Waals surface area contributed by atoms with E-state index in [-0.39, 0.29) is 5.91 Å². The maximum Gasteiger partial charge on any atom is 0.226 e. The lowest BCUT2D eigenvalue weighted by Crippen LogP contribution is -2.13. The Morgan fingerprint density at radius 1 is 1.38 bits per heavy atom. The first-order valence-corrected chi connectivity index (χ1v) is 5.89. The van der Waals surface area contributed by atoms with Crippen LogP contribution in [0.1, 0.15) is 17.5 Å². The van der Waals surface area contributed by atoms with Crippen molar-refractivity contribution < 1.29 is 9.53 Å². The molecule has 0 aromatic heterocycles. The van der Waals surface area contributed by atoms with Crippen LogP contribution < -0.4 is 5.32 Å². The summed E-state index contributed by atoms with van der Waals surface area (Å²) in [5, 5.41) is 2.85. The van der Waals surface area contributed by atoms with Gasteiger partial charge in [0.05, 0.1) is 13.0 Å². The van der Waals surface area contributed by atoms with E-state index in [1.807, 2.05) is 26.0 Å². The fraction of sp³-hybridized carbons (Fsp3) is 0.417. The second-order valence-corrected chi connectivity index (χ2v) is 4.51. The van der Waals surface area contributed by atoms with Crippen molar-refractivity contribution in [3.63, 3.8) is 0 Å². The van der Waals surface area contributed by atoms with Gasteiger partial charge in [-0.15, -0.1) is 0 Å². The van der Waals surface area contributed by atoms with Gasteiger partial charge in [0.15, 0.2) is 0 Å². The molecule has 0 spiro atoms. The number of halogens is 1. The van der Waals surface area contributed by atoms with E-state index >= 15 is 0 Å². The van der Waals surface area contributed by atoms with Gasteiger partial charge in [0.2, 0.25) is 5.91 Å². The molecule has 1 aromatic carbocycles. The topological polar surface area (TPSA) is 38.3 Å². The lowest BCUT2D eigenvalue weighted by molar-refractivity contribution is -0.117. The number of carbonyl (C=O) groups excluding carboxylic acids is 1. The van der Waals surface area contributed by atoms with Crippen LogP contribution in [0.25, 0.3) is 0 Å². The first-order valence-electron chi connectivity index (χ1n) is 5.10. The number of amides is 1. The van der Waals surface area contributed by atoms with Crippen molar-refractivity contribution in [3.8, 4) is 0 Å². The van der Waals surface area contributed by atoms with E-state index in [1.54, 1.807) is 7.11 Å². The quantitative estimate of drug-likeness (QED) is 0.924. The number of methoxy groups -OCH3 is 1. The Hall–Kier alpha value is -0.870. The van der Waals surface area contributed by atoms with Gasteiger partial charge in [0.25, 0.3) is 0 Å². The van der Waals surface area contributed by atoms with Gasteiger partial charge >= 0.3 is 0 Å². The summed E-state index contributed by atoms with van der Waals surface area (Å²) in [5.74, 6) is -0.0250. The summed E-state index contributed by atoms with van der Waals surface area (Å²) in [4.78, 5) is 11.5. The van der Waals surface area contributed by atoms with E-state index < -0.39 is 0 Å². The molecule has 0 fully saturated rings. The van der Waals surface area contributed by atoms with Gasteiger partial charge in [-0.2, -0.15) is 0 Å². The van der Waals surface area contributed by atoms with Crippen LogP contribution in [0.4, 0.5) is 5.69 Å². The molecule has 4 heteroatoms. The molecule has 0 unspecified atom stereocenters. The molecule has 0 atom stereocenters.